The fourth-order valence-electron chi connectivity index (χ4n) is 6.03. The van der Waals surface area contributed by atoms with Crippen molar-refractivity contribution >= 4 is 28.2 Å². The Kier molecular flexibility index (Phi) is 7.69. The van der Waals surface area contributed by atoms with Crippen molar-refractivity contribution in [2.45, 2.75) is 32.5 Å². The molecule has 2 aliphatic rings. The predicted octanol–water partition coefficient (Wildman–Crippen LogP) is 5.11. The fourth-order valence-corrected chi connectivity index (χ4v) is 6.03. The van der Waals surface area contributed by atoms with Gasteiger partial charge in [-0.2, -0.15) is 0 Å². The first-order valence-electron chi connectivity index (χ1n) is 14.9. The molecule has 6 rings (SSSR count). The van der Waals surface area contributed by atoms with E-state index in [9.17, 15) is 15.0 Å². The molecule has 0 aliphatic carbocycles. The molecule has 9 heteroatoms. The fraction of sp³-hybridized carbons (Fsp3) is 0.314. The van der Waals surface area contributed by atoms with E-state index in [0.717, 1.165) is 53.2 Å². The van der Waals surface area contributed by atoms with Crippen molar-refractivity contribution in [3.8, 4) is 16.9 Å². The number of H-pyrrole nitrogens is 1. The number of anilines is 1. The molecule has 0 fully saturated rings. The minimum absolute atomic E-state index is 0.217. The van der Waals surface area contributed by atoms with Crippen LogP contribution in [0.2, 0.25) is 0 Å². The SMILES string of the molecule is C=C(N(C)C)N1CC=C(c2cc3c(-c4cccc(N5CCOc6cc(C(C)(C)O)ccc6C5=O)c4CO)ccnc3[nH]2)CC1. The Bertz CT molecular complexity index is 1780. The van der Waals surface area contributed by atoms with Crippen molar-refractivity contribution < 1.29 is 19.7 Å². The first-order valence-corrected chi connectivity index (χ1v) is 14.9. The van der Waals surface area contributed by atoms with Gasteiger partial charge in [0.05, 0.1) is 35.8 Å². The molecule has 0 unspecified atom stereocenters. The van der Waals surface area contributed by atoms with Gasteiger partial charge in [0.2, 0.25) is 0 Å². The highest BCUT2D eigenvalue weighted by atomic mass is 16.5. The number of ether oxygens (including phenoxy) is 1. The summed E-state index contributed by atoms with van der Waals surface area (Å²) in [7, 11) is 4.01. The highest BCUT2D eigenvalue weighted by Crippen LogP contribution is 2.38. The summed E-state index contributed by atoms with van der Waals surface area (Å²) in [6.07, 6.45) is 4.88. The second kappa shape index (κ2) is 11.5. The van der Waals surface area contributed by atoms with Crippen LogP contribution in [0.1, 0.15) is 47.4 Å². The monoisotopic (exact) mass is 593 g/mol. The van der Waals surface area contributed by atoms with Crippen LogP contribution >= 0.6 is 0 Å². The quantitative estimate of drug-likeness (QED) is 0.274. The lowest BCUT2D eigenvalue weighted by Gasteiger charge is -2.33. The van der Waals surface area contributed by atoms with Crippen LogP contribution < -0.4 is 9.64 Å². The number of aromatic nitrogens is 2. The molecule has 2 aliphatic heterocycles. The van der Waals surface area contributed by atoms with Crippen LogP contribution in [-0.4, -0.2) is 76.2 Å². The number of pyridine rings is 1. The number of rotatable bonds is 7. The summed E-state index contributed by atoms with van der Waals surface area (Å²) in [5, 5.41) is 22.1. The standard InChI is InChI=1S/C35H39N5O4/c1-22(38(4)5)39-15-12-23(13-16-39)30-20-28-26(11-14-36-33(28)37-30)25-7-6-8-31(29(25)21-41)40-17-18-44-32-19-24(35(2,3)43)9-10-27(32)34(40)42/h6-12,14,19-20,41,43H,1,13,15-18,21H2,2-5H3,(H,36,37). The number of nitrogens with one attached hydrogen (secondary N) is 1. The topological polar surface area (TPSA) is 105 Å². The summed E-state index contributed by atoms with van der Waals surface area (Å²) < 4.78 is 5.98. The Morgan fingerprint density at radius 2 is 1.93 bits per heavy atom. The van der Waals surface area contributed by atoms with Crippen LogP contribution in [0.4, 0.5) is 5.69 Å². The lowest BCUT2D eigenvalue weighted by Crippen LogP contribution is -2.33. The second-order valence-electron chi connectivity index (χ2n) is 12.1. The summed E-state index contributed by atoms with van der Waals surface area (Å²) >= 11 is 0. The number of hydrogen-bond donors (Lipinski definition) is 3. The molecule has 4 aromatic rings. The molecule has 2 aromatic heterocycles. The van der Waals surface area contributed by atoms with Gasteiger partial charge in [-0.25, -0.2) is 4.98 Å². The van der Waals surface area contributed by atoms with Gasteiger partial charge in [0.25, 0.3) is 5.91 Å². The molecule has 0 saturated carbocycles. The van der Waals surface area contributed by atoms with Crippen LogP contribution in [0.3, 0.4) is 0 Å². The smallest absolute Gasteiger partial charge is 0.262 e. The number of carbonyl (C=O) groups excluding carboxylic acids is 1. The number of carbonyl (C=O) groups is 1. The molecule has 0 saturated heterocycles. The van der Waals surface area contributed by atoms with E-state index in [2.05, 4.69) is 33.6 Å². The molecule has 0 atom stereocenters. The zero-order valence-corrected chi connectivity index (χ0v) is 25.7. The first kappa shape index (κ1) is 29.5. The van der Waals surface area contributed by atoms with Gasteiger partial charge in [-0.1, -0.05) is 30.9 Å². The summed E-state index contributed by atoms with van der Waals surface area (Å²) in [5.41, 5.74) is 6.10. The highest BCUT2D eigenvalue weighted by molar-refractivity contribution is 6.09. The summed E-state index contributed by atoms with van der Waals surface area (Å²) in [4.78, 5) is 28.0. The molecule has 3 N–H and O–H groups in total. The van der Waals surface area contributed by atoms with Gasteiger partial charge in [-0.05, 0) is 72.9 Å². The van der Waals surface area contributed by atoms with Crippen molar-refractivity contribution in [2.75, 3.05) is 45.2 Å². The maximum absolute atomic E-state index is 13.9. The molecular weight excluding hydrogens is 554 g/mol. The summed E-state index contributed by atoms with van der Waals surface area (Å²) in [5.74, 6) is 1.22. The van der Waals surface area contributed by atoms with E-state index in [1.165, 1.54) is 5.57 Å². The maximum Gasteiger partial charge on any atom is 0.262 e. The normalized spacial score (nSPS) is 15.5. The van der Waals surface area contributed by atoms with Crippen molar-refractivity contribution in [2.24, 2.45) is 0 Å². The van der Waals surface area contributed by atoms with Gasteiger partial charge in [0.15, 0.2) is 0 Å². The van der Waals surface area contributed by atoms with Crippen molar-refractivity contribution in [3.05, 3.63) is 95.6 Å². The van der Waals surface area contributed by atoms with Gasteiger partial charge in [-0.15, -0.1) is 0 Å². The van der Waals surface area contributed by atoms with Gasteiger partial charge in [-0.3, -0.25) is 4.79 Å². The number of hydrogen-bond acceptors (Lipinski definition) is 7. The number of aromatic amines is 1. The number of aliphatic hydroxyl groups is 2. The third-order valence-corrected chi connectivity index (χ3v) is 8.59. The average Bonchev–Trinajstić information content (AvgIpc) is 3.39. The predicted molar refractivity (Wildman–Crippen MR) is 173 cm³/mol. The first-order chi connectivity index (χ1) is 21.1. The van der Waals surface area contributed by atoms with Gasteiger partial charge in [0.1, 0.15) is 18.0 Å². The van der Waals surface area contributed by atoms with Crippen LogP contribution in [0.15, 0.2) is 73.2 Å². The molecule has 2 aromatic carbocycles. The van der Waals surface area contributed by atoms with Crippen molar-refractivity contribution in [3.63, 3.8) is 0 Å². The van der Waals surface area contributed by atoms with Crippen LogP contribution in [0, 0.1) is 0 Å². The van der Waals surface area contributed by atoms with E-state index in [-0.39, 0.29) is 19.1 Å². The molecule has 4 heterocycles. The number of benzene rings is 2. The second-order valence-corrected chi connectivity index (χ2v) is 12.1. The van der Waals surface area contributed by atoms with Gasteiger partial charge >= 0.3 is 0 Å². The molecular formula is C35H39N5O4. The number of amides is 1. The third-order valence-electron chi connectivity index (χ3n) is 8.59. The molecule has 0 spiro atoms. The average molecular weight is 594 g/mol. The molecule has 0 bridgehead atoms. The van der Waals surface area contributed by atoms with E-state index in [0.29, 0.717) is 34.7 Å². The Labute approximate surface area is 257 Å². The third kappa shape index (κ3) is 5.33. The van der Waals surface area contributed by atoms with Crippen molar-refractivity contribution in [1.29, 1.82) is 0 Å². The summed E-state index contributed by atoms with van der Waals surface area (Å²) in [6, 6.07) is 15.0. The number of aliphatic hydroxyl groups excluding tert-OH is 1. The van der Waals surface area contributed by atoms with E-state index in [1.807, 2.05) is 43.3 Å². The van der Waals surface area contributed by atoms with Crippen LogP contribution in [0.25, 0.3) is 27.7 Å². The van der Waals surface area contributed by atoms with Crippen LogP contribution in [-0.2, 0) is 12.2 Å². The molecule has 228 valence electrons. The Hall–Kier alpha value is -4.60. The summed E-state index contributed by atoms with van der Waals surface area (Å²) in [6.45, 7) is 9.59. The van der Waals surface area contributed by atoms with E-state index < -0.39 is 5.60 Å². The zero-order chi connectivity index (χ0) is 31.2. The minimum Gasteiger partial charge on any atom is -0.491 e. The van der Waals surface area contributed by atoms with Gasteiger partial charge < -0.3 is 34.6 Å². The van der Waals surface area contributed by atoms with Crippen LogP contribution in [0.5, 0.6) is 5.75 Å². The Morgan fingerprint density at radius 3 is 2.64 bits per heavy atom. The molecule has 9 nitrogen and oxygen atoms in total. The molecule has 0 radical (unpaired) electrons. The Morgan fingerprint density at radius 1 is 1.11 bits per heavy atom. The van der Waals surface area contributed by atoms with E-state index >= 15 is 0 Å². The van der Waals surface area contributed by atoms with Crippen molar-refractivity contribution in [1.82, 2.24) is 19.8 Å². The molecule has 44 heavy (non-hydrogen) atoms. The lowest BCUT2D eigenvalue weighted by molar-refractivity contribution is 0.0781. The highest BCUT2D eigenvalue weighted by Gasteiger charge is 2.29. The van der Waals surface area contributed by atoms with E-state index in [4.69, 9.17) is 4.74 Å². The number of fused-ring (bicyclic) bond motifs is 2. The minimum atomic E-state index is -1.06. The maximum atomic E-state index is 13.9. The zero-order valence-electron chi connectivity index (χ0n) is 25.7. The molecule has 1 amide bonds. The largest absolute Gasteiger partial charge is 0.491 e. The lowest BCUT2D eigenvalue weighted by atomic mass is 9.95. The Balaban J connectivity index is 1.36. The van der Waals surface area contributed by atoms with Gasteiger partial charge in [0, 0.05) is 50.0 Å². The van der Waals surface area contributed by atoms with E-state index in [1.54, 1.807) is 43.1 Å². The number of nitrogens with zero attached hydrogens (tertiary/aromatic N) is 4.